The Balaban J connectivity index is 2.05. The Morgan fingerprint density at radius 3 is 2.39 bits per heavy atom. The molecule has 0 radical (unpaired) electrons. The zero-order chi connectivity index (χ0) is 16.6. The van der Waals surface area contributed by atoms with Crippen molar-refractivity contribution in [2.45, 2.75) is 12.7 Å². The number of aromatic nitrogens is 6. The molecule has 10 heteroatoms. The average molecular weight is 343 g/mol. The van der Waals surface area contributed by atoms with Crippen LogP contribution in [0.4, 0.5) is 13.2 Å². The van der Waals surface area contributed by atoms with Crippen LogP contribution in [0, 0.1) is 0 Å². The Labute approximate surface area is 133 Å². The number of nitrogens with zero attached hydrogens (tertiary/aromatic N) is 6. The number of imidazole rings is 2. The topological polar surface area (TPSA) is 61.4 Å². The molecule has 6 nitrogen and oxygen atoms in total. The first-order chi connectivity index (χ1) is 10.8. The molecule has 0 saturated carbocycles. The molecule has 0 aliphatic rings. The van der Waals surface area contributed by atoms with Crippen LogP contribution < -0.4 is 0 Å². The summed E-state index contributed by atoms with van der Waals surface area (Å²) in [6.45, 7) is 0.0163. The fourth-order valence-electron chi connectivity index (χ4n) is 2.01. The van der Waals surface area contributed by atoms with Crippen molar-refractivity contribution in [1.29, 1.82) is 0 Å². The van der Waals surface area contributed by atoms with Crippen LogP contribution in [0.3, 0.4) is 0 Å². The second kappa shape index (κ2) is 5.65. The van der Waals surface area contributed by atoms with E-state index in [2.05, 4.69) is 19.9 Å². The van der Waals surface area contributed by atoms with E-state index in [9.17, 15) is 13.2 Å². The van der Waals surface area contributed by atoms with E-state index >= 15 is 0 Å². The molecule has 3 rings (SSSR count). The molecule has 3 heterocycles. The first-order valence-corrected chi connectivity index (χ1v) is 6.81. The highest BCUT2D eigenvalue weighted by atomic mass is 35.5. The molecule has 0 spiro atoms. The van der Waals surface area contributed by atoms with Gasteiger partial charge in [-0.25, -0.2) is 19.9 Å². The van der Waals surface area contributed by atoms with Crippen LogP contribution in [0.5, 0.6) is 0 Å². The monoisotopic (exact) mass is 342 g/mol. The molecule has 0 atom stereocenters. The van der Waals surface area contributed by atoms with Crippen molar-refractivity contribution in [3.05, 3.63) is 47.5 Å². The van der Waals surface area contributed by atoms with E-state index in [0.717, 1.165) is 6.20 Å². The minimum Gasteiger partial charge on any atom is -0.331 e. The maximum Gasteiger partial charge on any atom is 0.434 e. The standard InChI is InChI=1S/C13H10ClF3N6/c1-22-3-2-18-11(22)12-21-9(13(15,16)17)6-23(12)7-10-19-4-8(14)5-20-10/h2-6H,7H2,1H3. The molecule has 120 valence electrons. The molecule has 0 N–H and O–H groups in total. The van der Waals surface area contributed by atoms with Gasteiger partial charge >= 0.3 is 6.18 Å². The van der Waals surface area contributed by atoms with Gasteiger partial charge in [0.2, 0.25) is 0 Å². The maximum absolute atomic E-state index is 13.0. The van der Waals surface area contributed by atoms with Crippen molar-refractivity contribution in [2.24, 2.45) is 7.05 Å². The minimum atomic E-state index is -4.55. The Kier molecular flexibility index (Phi) is 3.80. The second-order valence-corrected chi connectivity index (χ2v) is 5.19. The number of hydrogen-bond donors (Lipinski definition) is 0. The van der Waals surface area contributed by atoms with Crippen LogP contribution >= 0.6 is 11.6 Å². The summed E-state index contributed by atoms with van der Waals surface area (Å²) in [7, 11) is 1.67. The first-order valence-electron chi connectivity index (χ1n) is 6.43. The van der Waals surface area contributed by atoms with Gasteiger partial charge in [-0.2, -0.15) is 13.2 Å². The van der Waals surface area contributed by atoms with Gasteiger partial charge < -0.3 is 9.13 Å². The normalized spacial score (nSPS) is 11.9. The van der Waals surface area contributed by atoms with Crippen LogP contribution in [-0.4, -0.2) is 29.1 Å². The average Bonchev–Trinajstić information content (AvgIpc) is 3.07. The number of rotatable bonds is 3. The van der Waals surface area contributed by atoms with Crippen molar-refractivity contribution in [1.82, 2.24) is 29.1 Å². The summed E-state index contributed by atoms with van der Waals surface area (Å²) in [6, 6.07) is 0. The largest absolute Gasteiger partial charge is 0.434 e. The molecule has 0 aromatic carbocycles. The molecule has 0 unspecified atom stereocenters. The zero-order valence-corrected chi connectivity index (χ0v) is 12.5. The highest BCUT2D eigenvalue weighted by Gasteiger charge is 2.35. The van der Waals surface area contributed by atoms with E-state index in [0.29, 0.717) is 16.7 Å². The highest BCUT2D eigenvalue weighted by molar-refractivity contribution is 6.30. The molecule has 0 amide bonds. The molecule has 3 aromatic rings. The fourth-order valence-corrected chi connectivity index (χ4v) is 2.10. The number of halogens is 4. The summed E-state index contributed by atoms with van der Waals surface area (Å²) in [6.07, 6.45) is 2.24. The fraction of sp³-hybridized carbons (Fsp3) is 0.231. The lowest BCUT2D eigenvalue weighted by Gasteiger charge is -2.06. The summed E-state index contributed by atoms with van der Waals surface area (Å²) in [5.74, 6) is 0.717. The van der Waals surface area contributed by atoms with Crippen molar-refractivity contribution < 1.29 is 13.2 Å². The van der Waals surface area contributed by atoms with Gasteiger partial charge in [0.15, 0.2) is 17.3 Å². The smallest absolute Gasteiger partial charge is 0.331 e. The summed E-state index contributed by atoms with van der Waals surface area (Å²) in [4.78, 5) is 15.7. The molecular formula is C13H10ClF3N6. The van der Waals surface area contributed by atoms with Crippen LogP contribution in [0.25, 0.3) is 11.6 Å². The van der Waals surface area contributed by atoms with Gasteiger partial charge in [0, 0.05) is 38.0 Å². The zero-order valence-electron chi connectivity index (χ0n) is 11.8. The van der Waals surface area contributed by atoms with Crippen molar-refractivity contribution in [2.75, 3.05) is 0 Å². The third-order valence-corrected chi connectivity index (χ3v) is 3.27. The quantitative estimate of drug-likeness (QED) is 0.734. The Hall–Kier alpha value is -2.42. The van der Waals surface area contributed by atoms with E-state index < -0.39 is 11.9 Å². The molecule has 23 heavy (non-hydrogen) atoms. The van der Waals surface area contributed by atoms with Gasteiger partial charge in [0.05, 0.1) is 11.6 Å². The Morgan fingerprint density at radius 2 is 1.83 bits per heavy atom. The molecule has 0 saturated heterocycles. The summed E-state index contributed by atoms with van der Waals surface area (Å²) < 4.78 is 41.8. The number of hydrogen-bond acceptors (Lipinski definition) is 4. The van der Waals surface area contributed by atoms with Crippen LogP contribution in [0.15, 0.2) is 31.0 Å². The van der Waals surface area contributed by atoms with E-state index in [1.54, 1.807) is 17.8 Å². The van der Waals surface area contributed by atoms with Crippen LogP contribution in [-0.2, 0) is 19.8 Å². The molecule has 0 aliphatic heterocycles. The van der Waals surface area contributed by atoms with Crippen molar-refractivity contribution >= 4 is 11.6 Å². The Morgan fingerprint density at radius 1 is 1.13 bits per heavy atom. The third kappa shape index (κ3) is 3.19. The Bertz CT molecular complexity index is 821. The molecule has 0 fully saturated rings. The third-order valence-electron chi connectivity index (χ3n) is 3.07. The van der Waals surface area contributed by atoms with Gasteiger partial charge in [0.25, 0.3) is 0 Å². The SMILES string of the molecule is Cn1ccnc1-c1nc(C(F)(F)F)cn1Cc1ncc(Cl)cn1. The van der Waals surface area contributed by atoms with Crippen LogP contribution in [0.1, 0.15) is 11.5 Å². The van der Waals surface area contributed by atoms with Crippen LogP contribution in [0.2, 0.25) is 5.02 Å². The lowest BCUT2D eigenvalue weighted by atomic mass is 10.4. The highest BCUT2D eigenvalue weighted by Crippen LogP contribution is 2.30. The molecule has 0 bridgehead atoms. The minimum absolute atomic E-state index is 0.0163. The summed E-state index contributed by atoms with van der Waals surface area (Å²) in [5, 5.41) is 0.347. The van der Waals surface area contributed by atoms with Gasteiger partial charge in [-0.05, 0) is 0 Å². The van der Waals surface area contributed by atoms with E-state index in [1.807, 2.05) is 0 Å². The first kappa shape index (κ1) is 15.5. The maximum atomic E-state index is 13.0. The molecule has 3 aromatic heterocycles. The predicted molar refractivity (Wildman–Crippen MR) is 75.6 cm³/mol. The molecule has 0 aliphatic carbocycles. The van der Waals surface area contributed by atoms with Gasteiger partial charge in [-0.3, -0.25) is 0 Å². The van der Waals surface area contributed by atoms with E-state index in [1.165, 1.54) is 23.2 Å². The van der Waals surface area contributed by atoms with E-state index in [4.69, 9.17) is 11.6 Å². The summed E-state index contributed by atoms with van der Waals surface area (Å²) in [5.41, 5.74) is -0.996. The van der Waals surface area contributed by atoms with Crippen molar-refractivity contribution in [3.63, 3.8) is 0 Å². The number of alkyl halides is 3. The van der Waals surface area contributed by atoms with Gasteiger partial charge in [-0.15, -0.1) is 0 Å². The second-order valence-electron chi connectivity index (χ2n) is 4.75. The van der Waals surface area contributed by atoms with E-state index in [-0.39, 0.29) is 12.4 Å². The van der Waals surface area contributed by atoms with Gasteiger partial charge in [-0.1, -0.05) is 11.6 Å². The lowest BCUT2D eigenvalue weighted by molar-refractivity contribution is -0.140. The van der Waals surface area contributed by atoms with Crippen molar-refractivity contribution in [3.8, 4) is 11.6 Å². The molecular weight excluding hydrogens is 333 g/mol. The summed E-state index contributed by atoms with van der Waals surface area (Å²) >= 11 is 5.71. The lowest BCUT2D eigenvalue weighted by Crippen LogP contribution is -2.07. The van der Waals surface area contributed by atoms with Gasteiger partial charge in [0.1, 0.15) is 5.82 Å². The predicted octanol–water partition coefficient (Wildman–Crippen LogP) is 2.79. The number of aryl methyl sites for hydroxylation is 1.